The molecular weight excluding hydrogens is 202 g/mol. The minimum Gasteiger partial charge on any atom is -0.469 e. The van der Waals surface area contributed by atoms with Gasteiger partial charge in [-0.25, -0.2) is 0 Å². The predicted molar refractivity (Wildman–Crippen MR) is 65.6 cm³/mol. The second-order valence-electron chi connectivity index (χ2n) is 4.03. The van der Waals surface area contributed by atoms with E-state index >= 15 is 0 Å². The van der Waals surface area contributed by atoms with Crippen molar-refractivity contribution in [2.24, 2.45) is 0 Å². The fraction of sp³-hybridized carbons (Fsp3) is 0.692. The van der Waals surface area contributed by atoms with E-state index < -0.39 is 0 Å². The molecule has 0 fully saturated rings. The Balaban J connectivity index is 2.55. The van der Waals surface area contributed by atoms with E-state index in [1.54, 1.807) is 13.4 Å². The lowest BCUT2D eigenvalue weighted by Crippen LogP contribution is -2.42. The van der Waals surface area contributed by atoms with Crippen molar-refractivity contribution in [3.63, 3.8) is 0 Å². The van der Waals surface area contributed by atoms with Crippen LogP contribution in [0.1, 0.15) is 32.4 Å². The van der Waals surface area contributed by atoms with Crippen LogP contribution in [0.3, 0.4) is 0 Å². The quantitative estimate of drug-likeness (QED) is 0.738. The van der Waals surface area contributed by atoms with Gasteiger partial charge in [0.05, 0.1) is 12.4 Å². The van der Waals surface area contributed by atoms with E-state index in [1.807, 2.05) is 12.1 Å². The van der Waals surface area contributed by atoms with Crippen molar-refractivity contribution in [2.75, 3.05) is 13.7 Å². The summed E-state index contributed by atoms with van der Waals surface area (Å²) in [6.07, 6.45) is 5.00. The van der Waals surface area contributed by atoms with Crippen LogP contribution in [0.15, 0.2) is 22.8 Å². The van der Waals surface area contributed by atoms with Crippen molar-refractivity contribution in [1.82, 2.24) is 5.32 Å². The molecule has 1 N–H and O–H groups in total. The number of ether oxygens (including phenoxy) is 1. The van der Waals surface area contributed by atoms with Crippen LogP contribution in [-0.2, 0) is 11.2 Å². The molecule has 2 atom stereocenters. The van der Waals surface area contributed by atoms with Crippen molar-refractivity contribution in [1.29, 1.82) is 0 Å². The molecule has 3 nitrogen and oxygen atoms in total. The fourth-order valence-electron chi connectivity index (χ4n) is 1.93. The molecule has 3 heteroatoms. The molecule has 0 aliphatic carbocycles. The smallest absolute Gasteiger partial charge is 0.105 e. The molecule has 0 amide bonds. The van der Waals surface area contributed by atoms with Gasteiger partial charge in [-0.2, -0.15) is 0 Å². The third-order valence-electron chi connectivity index (χ3n) is 2.81. The summed E-state index contributed by atoms with van der Waals surface area (Å²) < 4.78 is 10.9. The Labute approximate surface area is 98.2 Å². The van der Waals surface area contributed by atoms with E-state index in [0.717, 1.165) is 31.6 Å². The number of methoxy groups -OCH3 is 1. The van der Waals surface area contributed by atoms with Gasteiger partial charge >= 0.3 is 0 Å². The highest BCUT2D eigenvalue weighted by Crippen LogP contribution is 2.11. The van der Waals surface area contributed by atoms with E-state index in [9.17, 15) is 0 Å². The normalized spacial score (nSPS) is 14.9. The third kappa shape index (κ3) is 3.99. The maximum Gasteiger partial charge on any atom is 0.105 e. The third-order valence-corrected chi connectivity index (χ3v) is 2.81. The van der Waals surface area contributed by atoms with Gasteiger partial charge in [0.25, 0.3) is 0 Å². The van der Waals surface area contributed by atoms with Gasteiger partial charge in [0.2, 0.25) is 0 Å². The Morgan fingerprint density at radius 3 is 2.75 bits per heavy atom. The zero-order valence-electron chi connectivity index (χ0n) is 10.5. The van der Waals surface area contributed by atoms with Crippen molar-refractivity contribution in [2.45, 2.75) is 45.3 Å². The maximum atomic E-state index is 5.50. The van der Waals surface area contributed by atoms with Crippen LogP contribution in [0, 0.1) is 0 Å². The summed E-state index contributed by atoms with van der Waals surface area (Å²) in [6, 6.07) is 4.28. The Bertz CT molecular complexity index is 255. The van der Waals surface area contributed by atoms with Crippen LogP contribution in [0.4, 0.5) is 0 Å². The average molecular weight is 225 g/mol. The van der Waals surface area contributed by atoms with E-state index in [4.69, 9.17) is 9.15 Å². The summed E-state index contributed by atoms with van der Waals surface area (Å²) in [6.45, 7) is 5.34. The number of furan rings is 1. The molecule has 1 heterocycles. The largest absolute Gasteiger partial charge is 0.469 e. The first-order valence-electron chi connectivity index (χ1n) is 6.10. The van der Waals surface area contributed by atoms with Crippen LogP contribution in [0.25, 0.3) is 0 Å². The number of hydrogen-bond donors (Lipinski definition) is 1. The molecule has 92 valence electrons. The SMILES string of the molecule is CCCNC(Cc1ccco1)C(CC)OC. The second-order valence-corrected chi connectivity index (χ2v) is 4.03. The van der Waals surface area contributed by atoms with Crippen LogP contribution < -0.4 is 5.32 Å². The van der Waals surface area contributed by atoms with Crippen molar-refractivity contribution in [3.8, 4) is 0 Å². The van der Waals surface area contributed by atoms with Gasteiger partial charge in [0.15, 0.2) is 0 Å². The fourth-order valence-corrected chi connectivity index (χ4v) is 1.93. The number of nitrogens with one attached hydrogen (secondary N) is 1. The first kappa shape index (κ1) is 13.3. The van der Waals surface area contributed by atoms with Gasteiger partial charge < -0.3 is 14.5 Å². The van der Waals surface area contributed by atoms with Crippen molar-refractivity contribution >= 4 is 0 Å². The van der Waals surface area contributed by atoms with Gasteiger partial charge in [-0.05, 0) is 31.5 Å². The molecule has 16 heavy (non-hydrogen) atoms. The topological polar surface area (TPSA) is 34.4 Å². The first-order chi connectivity index (χ1) is 7.81. The van der Waals surface area contributed by atoms with Crippen LogP contribution in [-0.4, -0.2) is 25.8 Å². The number of hydrogen-bond acceptors (Lipinski definition) is 3. The molecule has 0 aromatic carbocycles. The summed E-state index contributed by atoms with van der Waals surface area (Å²) in [7, 11) is 1.77. The average Bonchev–Trinajstić information content (AvgIpc) is 2.80. The van der Waals surface area contributed by atoms with Gasteiger partial charge in [0.1, 0.15) is 5.76 Å². The first-order valence-corrected chi connectivity index (χ1v) is 6.10. The zero-order valence-corrected chi connectivity index (χ0v) is 10.5. The zero-order chi connectivity index (χ0) is 11.8. The van der Waals surface area contributed by atoms with Crippen LogP contribution in [0.2, 0.25) is 0 Å². The summed E-state index contributed by atoms with van der Waals surface area (Å²) >= 11 is 0. The molecule has 0 spiro atoms. The molecule has 2 unspecified atom stereocenters. The number of rotatable bonds is 8. The molecular formula is C13H23NO2. The molecule has 0 aliphatic rings. The van der Waals surface area contributed by atoms with Gasteiger partial charge in [-0.15, -0.1) is 0 Å². The molecule has 1 aromatic rings. The van der Waals surface area contributed by atoms with E-state index in [1.165, 1.54) is 0 Å². The van der Waals surface area contributed by atoms with Crippen LogP contribution >= 0.6 is 0 Å². The molecule has 1 rings (SSSR count). The minimum atomic E-state index is 0.247. The monoisotopic (exact) mass is 225 g/mol. The second kappa shape index (κ2) is 7.47. The van der Waals surface area contributed by atoms with E-state index in [-0.39, 0.29) is 6.10 Å². The Kier molecular flexibility index (Phi) is 6.19. The van der Waals surface area contributed by atoms with Crippen molar-refractivity contribution in [3.05, 3.63) is 24.2 Å². The van der Waals surface area contributed by atoms with Crippen molar-refractivity contribution < 1.29 is 9.15 Å². The van der Waals surface area contributed by atoms with Gasteiger partial charge in [0, 0.05) is 19.6 Å². The van der Waals surface area contributed by atoms with Gasteiger partial charge in [-0.3, -0.25) is 0 Å². The minimum absolute atomic E-state index is 0.247. The Morgan fingerprint density at radius 1 is 1.44 bits per heavy atom. The maximum absolute atomic E-state index is 5.50. The van der Waals surface area contributed by atoms with E-state index in [0.29, 0.717) is 6.04 Å². The Morgan fingerprint density at radius 2 is 2.25 bits per heavy atom. The summed E-state index contributed by atoms with van der Waals surface area (Å²) in [4.78, 5) is 0. The van der Waals surface area contributed by atoms with Crippen LogP contribution in [0.5, 0.6) is 0 Å². The highest BCUT2D eigenvalue weighted by atomic mass is 16.5. The standard InChI is InChI=1S/C13H23NO2/c1-4-8-14-12(13(5-2)15-3)10-11-7-6-9-16-11/h6-7,9,12-14H,4-5,8,10H2,1-3H3. The molecule has 0 aliphatic heterocycles. The lowest BCUT2D eigenvalue weighted by atomic mass is 10.0. The molecule has 0 bridgehead atoms. The lowest BCUT2D eigenvalue weighted by molar-refractivity contribution is 0.0637. The lowest BCUT2D eigenvalue weighted by Gasteiger charge is -2.25. The highest BCUT2D eigenvalue weighted by molar-refractivity contribution is 5.01. The van der Waals surface area contributed by atoms with Gasteiger partial charge in [-0.1, -0.05) is 13.8 Å². The Hall–Kier alpha value is -0.800. The molecule has 0 saturated carbocycles. The molecule has 0 radical (unpaired) electrons. The summed E-state index contributed by atoms with van der Waals surface area (Å²) in [5.74, 6) is 1.02. The summed E-state index contributed by atoms with van der Waals surface area (Å²) in [5.41, 5.74) is 0. The highest BCUT2D eigenvalue weighted by Gasteiger charge is 2.20. The molecule has 1 aromatic heterocycles. The summed E-state index contributed by atoms with van der Waals surface area (Å²) in [5, 5.41) is 3.52. The predicted octanol–water partition coefficient (Wildman–Crippen LogP) is 2.62. The van der Waals surface area contributed by atoms with E-state index in [2.05, 4.69) is 19.2 Å². The molecule has 0 saturated heterocycles.